The molecular formula is C31H39N7O5. The van der Waals surface area contributed by atoms with E-state index in [2.05, 4.69) is 30.7 Å². The number of aromatic amines is 1. The molecule has 0 radical (unpaired) electrons. The van der Waals surface area contributed by atoms with Crippen LogP contribution >= 0.6 is 0 Å². The molecule has 2 saturated heterocycles. The van der Waals surface area contributed by atoms with Gasteiger partial charge in [0.2, 0.25) is 0 Å². The molecule has 2 aliphatic heterocycles. The van der Waals surface area contributed by atoms with Crippen LogP contribution in [0.4, 0.5) is 4.79 Å². The molecule has 0 atom stereocenters. The normalized spacial score (nSPS) is 17.4. The van der Waals surface area contributed by atoms with Crippen LogP contribution in [0.25, 0.3) is 33.6 Å². The molecule has 4 heterocycles. The summed E-state index contributed by atoms with van der Waals surface area (Å²) in [5, 5.41) is 19.3. The molecule has 4 aromatic rings. The van der Waals surface area contributed by atoms with Crippen LogP contribution in [0.5, 0.6) is 5.75 Å². The number of ether oxygens (including phenoxy) is 3. The SMILES string of the molecule is CC(C)(C)OC(=O)N1CCC(OCCN2CCC(Oc3cccc(-c4onc5ccc(-c6nnn[nH]6)cc45)c3)CC2)CC1. The lowest BCUT2D eigenvalue weighted by Gasteiger charge is -2.34. The molecule has 228 valence electrons. The maximum atomic E-state index is 12.3. The van der Waals surface area contributed by atoms with Gasteiger partial charge in [-0.05, 0) is 87.2 Å². The van der Waals surface area contributed by atoms with Gasteiger partial charge in [0.1, 0.15) is 23.0 Å². The van der Waals surface area contributed by atoms with E-state index in [1.165, 1.54) is 0 Å². The maximum Gasteiger partial charge on any atom is 0.410 e. The number of carbonyl (C=O) groups is 1. The molecule has 43 heavy (non-hydrogen) atoms. The van der Waals surface area contributed by atoms with Crippen molar-refractivity contribution >= 4 is 17.0 Å². The maximum absolute atomic E-state index is 12.3. The average molecular weight is 590 g/mol. The second kappa shape index (κ2) is 12.7. The largest absolute Gasteiger partial charge is 0.490 e. The molecule has 2 aromatic carbocycles. The number of nitrogens with one attached hydrogen (secondary N) is 1. The molecule has 6 rings (SSSR count). The van der Waals surface area contributed by atoms with E-state index in [9.17, 15) is 4.79 Å². The van der Waals surface area contributed by atoms with Gasteiger partial charge < -0.3 is 28.5 Å². The molecule has 2 fully saturated rings. The number of piperidine rings is 2. The van der Waals surface area contributed by atoms with E-state index in [0.29, 0.717) is 31.3 Å². The van der Waals surface area contributed by atoms with Crippen molar-refractivity contribution in [2.75, 3.05) is 39.3 Å². The Bertz CT molecular complexity index is 1500. The van der Waals surface area contributed by atoms with Gasteiger partial charge in [0.25, 0.3) is 0 Å². The Morgan fingerprint density at radius 1 is 1.00 bits per heavy atom. The van der Waals surface area contributed by atoms with Gasteiger partial charge in [-0.25, -0.2) is 9.89 Å². The molecule has 0 bridgehead atoms. The average Bonchev–Trinajstić information content (AvgIpc) is 3.68. The number of benzene rings is 2. The quantitative estimate of drug-likeness (QED) is 0.302. The van der Waals surface area contributed by atoms with Crippen LogP contribution in [0.1, 0.15) is 46.5 Å². The molecule has 12 heteroatoms. The first kappa shape index (κ1) is 29.1. The Kier molecular flexibility index (Phi) is 8.57. The molecule has 0 saturated carbocycles. The monoisotopic (exact) mass is 589 g/mol. The summed E-state index contributed by atoms with van der Waals surface area (Å²) in [5.41, 5.74) is 2.05. The minimum absolute atomic E-state index is 0.154. The first-order valence-electron chi connectivity index (χ1n) is 15.0. The van der Waals surface area contributed by atoms with E-state index < -0.39 is 5.60 Å². The van der Waals surface area contributed by atoms with Crippen molar-refractivity contribution in [1.82, 2.24) is 35.6 Å². The highest BCUT2D eigenvalue weighted by molar-refractivity contribution is 5.94. The third-order valence-corrected chi connectivity index (χ3v) is 7.88. The molecular weight excluding hydrogens is 550 g/mol. The van der Waals surface area contributed by atoms with Gasteiger partial charge in [0, 0.05) is 43.9 Å². The van der Waals surface area contributed by atoms with Crippen LogP contribution in [-0.2, 0) is 9.47 Å². The number of carbonyl (C=O) groups excluding carboxylic acids is 1. The van der Waals surface area contributed by atoms with E-state index in [0.717, 1.165) is 73.1 Å². The van der Waals surface area contributed by atoms with E-state index in [1.807, 2.05) is 63.2 Å². The van der Waals surface area contributed by atoms with Gasteiger partial charge in [-0.1, -0.05) is 17.3 Å². The zero-order chi connectivity index (χ0) is 29.8. The Morgan fingerprint density at radius 2 is 1.79 bits per heavy atom. The van der Waals surface area contributed by atoms with Crippen LogP contribution < -0.4 is 4.74 Å². The number of aromatic nitrogens is 5. The number of hydrogen-bond donors (Lipinski definition) is 1. The van der Waals surface area contributed by atoms with Crippen molar-refractivity contribution in [3.63, 3.8) is 0 Å². The van der Waals surface area contributed by atoms with Crippen molar-refractivity contribution in [3.05, 3.63) is 42.5 Å². The zero-order valence-electron chi connectivity index (χ0n) is 25.0. The van der Waals surface area contributed by atoms with Gasteiger partial charge in [0.05, 0.1) is 18.1 Å². The van der Waals surface area contributed by atoms with E-state index in [-0.39, 0.29) is 18.3 Å². The Morgan fingerprint density at radius 3 is 2.53 bits per heavy atom. The number of hydrogen-bond acceptors (Lipinski definition) is 10. The second-order valence-electron chi connectivity index (χ2n) is 12.2. The minimum Gasteiger partial charge on any atom is -0.490 e. The summed E-state index contributed by atoms with van der Waals surface area (Å²) in [4.78, 5) is 16.5. The molecule has 2 aliphatic rings. The third kappa shape index (κ3) is 7.31. The smallest absolute Gasteiger partial charge is 0.410 e. The van der Waals surface area contributed by atoms with Gasteiger partial charge >= 0.3 is 6.09 Å². The molecule has 0 aliphatic carbocycles. The number of likely N-dealkylation sites (tertiary alicyclic amines) is 2. The number of amides is 1. The lowest BCUT2D eigenvalue weighted by molar-refractivity contribution is -0.0189. The van der Waals surface area contributed by atoms with Crippen LogP contribution in [0.3, 0.4) is 0 Å². The lowest BCUT2D eigenvalue weighted by atomic mass is 10.1. The topological polar surface area (TPSA) is 132 Å². The third-order valence-electron chi connectivity index (χ3n) is 7.88. The molecule has 0 spiro atoms. The number of fused-ring (bicyclic) bond motifs is 1. The van der Waals surface area contributed by atoms with E-state index in [1.54, 1.807) is 4.90 Å². The van der Waals surface area contributed by atoms with Crippen LogP contribution in [-0.4, -0.2) is 98.8 Å². The Balaban J connectivity index is 0.953. The fraction of sp³-hybridized carbons (Fsp3) is 0.516. The number of nitrogens with zero attached hydrogens (tertiary/aromatic N) is 6. The van der Waals surface area contributed by atoms with Crippen molar-refractivity contribution in [2.24, 2.45) is 0 Å². The molecule has 12 nitrogen and oxygen atoms in total. The van der Waals surface area contributed by atoms with E-state index in [4.69, 9.17) is 18.7 Å². The highest BCUT2D eigenvalue weighted by Gasteiger charge is 2.27. The summed E-state index contributed by atoms with van der Waals surface area (Å²) < 4.78 is 23.8. The molecule has 2 aromatic heterocycles. The predicted octanol–water partition coefficient (Wildman–Crippen LogP) is 4.93. The molecule has 1 N–H and O–H groups in total. The summed E-state index contributed by atoms with van der Waals surface area (Å²) >= 11 is 0. The number of H-pyrrole nitrogens is 1. The summed E-state index contributed by atoms with van der Waals surface area (Å²) in [6.45, 7) is 10.6. The highest BCUT2D eigenvalue weighted by Crippen LogP contribution is 2.33. The number of rotatable bonds is 8. The zero-order valence-corrected chi connectivity index (χ0v) is 25.0. The fourth-order valence-corrected chi connectivity index (χ4v) is 5.61. The molecule has 0 unspecified atom stereocenters. The van der Waals surface area contributed by atoms with Crippen LogP contribution in [0.15, 0.2) is 47.0 Å². The number of tetrazole rings is 1. The van der Waals surface area contributed by atoms with Gasteiger partial charge in [0.15, 0.2) is 11.6 Å². The molecule has 1 amide bonds. The predicted molar refractivity (Wildman–Crippen MR) is 159 cm³/mol. The van der Waals surface area contributed by atoms with Crippen molar-refractivity contribution in [3.8, 4) is 28.5 Å². The highest BCUT2D eigenvalue weighted by atomic mass is 16.6. The lowest BCUT2D eigenvalue weighted by Crippen LogP contribution is -2.44. The fourth-order valence-electron chi connectivity index (χ4n) is 5.61. The first-order chi connectivity index (χ1) is 20.8. The minimum atomic E-state index is -0.469. The van der Waals surface area contributed by atoms with Gasteiger partial charge in [-0.3, -0.25) is 0 Å². The summed E-state index contributed by atoms with van der Waals surface area (Å²) in [5.74, 6) is 2.09. The summed E-state index contributed by atoms with van der Waals surface area (Å²) in [6, 6.07) is 13.8. The van der Waals surface area contributed by atoms with E-state index >= 15 is 0 Å². The van der Waals surface area contributed by atoms with Crippen molar-refractivity contribution in [2.45, 2.75) is 64.3 Å². The Labute approximate surface area is 250 Å². The van der Waals surface area contributed by atoms with Gasteiger partial charge in [-0.15, -0.1) is 5.10 Å². The van der Waals surface area contributed by atoms with Crippen molar-refractivity contribution < 1.29 is 23.5 Å². The van der Waals surface area contributed by atoms with Crippen molar-refractivity contribution in [1.29, 1.82) is 0 Å². The Hall–Kier alpha value is -4.03. The summed E-state index contributed by atoms with van der Waals surface area (Å²) in [6.07, 6.45) is 3.72. The van der Waals surface area contributed by atoms with Crippen LogP contribution in [0.2, 0.25) is 0 Å². The summed E-state index contributed by atoms with van der Waals surface area (Å²) in [7, 11) is 0. The standard InChI is InChI=1S/C31H39N7O5/c1-31(2,3)42-30(39)38-15-11-23(12-16-38)40-18-17-37-13-9-24(10-14-37)41-25-6-4-5-21(19-25)28-26-20-22(29-32-35-36-33-29)7-8-27(26)34-43-28/h4-8,19-20,23-24H,9-18H2,1-3H3,(H,32,33,35,36). The first-order valence-corrected chi connectivity index (χ1v) is 15.0. The van der Waals surface area contributed by atoms with Crippen LogP contribution in [0, 0.1) is 0 Å². The van der Waals surface area contributed by atoms with Gasteiger partial charge in [-0.2, -0.15) is 0 Å². The second-order valence-corrected chi connectivity index (χ2v) is 12.2.